The first-order chi connectivity index (χ1) is 14.5. The fraction of sp³-hybridized carbons (Fsp3) is 0.348. The lowest BCUT2D eigenvalue weighted by Gasteiger charge is -2.11. The van der Waals surface area contributed by atoms with E-state index in [0.717, 1.165) is 33.6 Å². The Bertz CT molecular complexity index is 1090. The Labute approximate surface area is 186 Å². The zero-order chi connectivity index (χ0) is 21.3. The maximum absolute atomic E-state index is 13.1. The smallest absolute Gasteiger partial charge is 0.191 e. The molecule has 0 spiro atoms. The standard InChI is InChI=1S/C23H26N4OS2/c1-5-11-26-22(17-9-10-17)24-25-23(26)30-14-21(28)20-12-15(2)27(16(20)3)18-7-6-8-19(13-18)29-4/h5-8,12-13,17H,1,9-11,14H2,2-4H3. The third-order valence-corrected chi connectivity index (χ3v) is 7.07. The molecule has 7 heteroatoms. The zero-order valence-corrected chi connectivity index (χ0v) is 19.2. The highest BCUT2D eigenvalue weighted by atomic mass is 32.2. The van der Waals surface area contributed by atoms with Crippen molar-refractivity contribution in [2.45, 2.75) is 49.2 Å². The number of nitrogens with zero attached hydrogens (tertiary/aromatic N) is 4. The number of rotatable bonds is 9. The van der Waals surface area contributed by atoms with Gasteiger partial charge < -0.3 is 9.13 Å². The van der Waals surface area contributed by atoms with Crippen molar-refractivity contribution in [2.75, 3.05) is 12.0 Å². The molecule has 1 saturated carbocycles. The van der Waals surface area contributed by atoms with E-state index in [-0.39, 0.29) is 5.78 Å². The van der Waals surface area contributed by atoms with Crippen LogP contribution in [-0.2, 0) is 6.54 Å². The molecule has 3 aromatic rings. The van der Waals surface area contributed by atoms with Crippen LogP contribution in [0, 0.1) is 13.8 Å². The summed E-state index contributed by atoms with van der Waals surface area (Å²) in [6, 6.07) is 10.4. The second-order valence-corrected chi connectivity index (χ2v) is 9.37. The first kappa shape index (κ1) is 21.0. The number of hydrogen-bond acceptors (Lipinski definition) is 5. The Hall–Kier alpha value is -2.25. The Morgan fingerprint density at radius 3 is 2.77 bits per heavy atom. The van der Waals surface area contributed by atoms with E-state index in [9.17, 15) is 4.79 Å². The molecule has 0 N–H and O–H groups in total. The molecule has 0 saturated heterocycles. The van der Waals surface area contributed by atoms with Crippen molar-refractivity contribution in [2.24, 2.45) is 0 Å². The van der Waals surface area contributed by atoms with Crippen molar-refractivity contribution in [1.82, 2.24) is 19.3 Å². The predicted octanol–water partition coefficient (Wildman–Crippen LogP) is 5.45. The van der Waals surface area contributed by atoms with Gasteiger partial charge in [0.1, 0.15) is 5.82 Å². The number of thioether (sulfide) groups is 2. The van der Waals surface area contributed by atoms with Gasteiger partial charge in [0.05, 0.1) is 5.75 Å². The van der Waals surface area contributed by atoms with E-state index in [4.69, 9.17) is 0 Å². The first-order valence-electron chi connectivity index (χ1n) is 10.1. The van der Waals surface area contributed by atoms with Crippen molar-refractivity contribution in [1.29, 1.82) is 0 Å². The van der Waals surface area contributed by atoms with Crippen LogP contribution in [-0.4, -0.2) is 37.1 Å². The van der Waals surface area contributed by atoms with E-state index in [1.54, 1.807) is 11.8 Å². The van der Waals surface area contributed by atoms with Crippen molar-refractivity contribution in [3.63, 3.8) is 0 Å². The minimum absolute atomic E-state index is 0.112. The minimum Gasteiger partial charge on any atom is -0.318 e. The molecule has 2 heterocycles. The Balaban J connectivity index is 1.54. The van der Waals surface area contributed by atoms with Crippen LogP contribution in [0.1, 0.15) is 46.3 Å². The lowest BCUT2D eigenvalue weighted by molar-refractivity contribution is 0.102. The summed E-state index contributed by atoms with van der Waals surface area (Å²) in [6.07, 6.45) is 6.27. The Morgan fingerprint density at radius 1 is 1.27 bits per heavy atom. The van der Waals surface area contributed by atoms with Gasteiger partial charge in [-0.15, -0.1) is 28.5 Å². The molecule has 0 amide bonds. The second kappa shape index (κ2) is 8.86. The number of aryl methyl sites for hydroxylation is 1. The van der Waals surface area contributed by atoms with Crippen LogP contribution >= 0.6 is 23.5 Å². The zero-order valence-electron chi connectivity index (χ0n) is 17.6. The molecule has 4 rings (SSSR count). The quantitative estimate of drug-likeness (QED) is 0.253. The van der Waals surface area contributed by atoms with Crippen LogP contribution in [0.4, 0.5) is 0 Å². The molecule has 1 fully saturated rings. The molecule has 0 unspecified atom stereocenters. The minimum atomic E-state index is 0.112. The summed E-state index contributed by atoms with van der Waals surface area (Å²) in [5, 5.41) is 9.51. The van der Waals surface area contributed by atoms with Crippen LogP contribution in [0.2, 0.25) is 0 Å². The van der Waals surface area contributed by atoms with E-state index in [1.165, 1.54) is 29.5 Å². The van der Waals surface area contributed by atoms with Crippen LogP contribution in [0.3, 0.4) is 0 Å². The van der Waals surface area contributed by atoms with Crippen LogP contribution in [0.15, 0.2) is 53.0 Å². The third-order valence-electron chi connectivity index (χ3n) is 5.38. The lowest BCUT2D eigenvalue weighted by Crippen LogP contribution is -2.08. The largest absolute Gasteiger partial charge is 0.318 e. The molecule has 1 aromatic carbocycles. The molecule has 0 radical (unpaired) electrons. The highest BCUT2D eigenvalue weighted by Gasteiger charge is 2.30. The molecule has 0 bridgehead atoms. The van der Waals surface area contributed by atoms with Gasteiger partial charge in [0.2, 0.25) is 0 Å². The number of Topliss-reactive ketones (excluding diaryl/α,β-unsaturated/α-hetero) is 1. The van der Waals surface area contributed by atoms with Gasteiger partial charge in [0.25, 0.3) is 0 Å². The predicted molar refractivity (Wildman–Crippen MR) is 124 cm³/mol. The third kappa shape index (κ3) is 4.14. The van der Waals surface area contributed by atoms with E-state index in [2.05, 4.69) is 56.4 Å². The van der Waals surface area contributed by atoms with Crippen molar-refractivity contribution < 1.29 is 4.79 Å². The summed E-state index contributed by atoms with van der Waals surface area (Å²) < 4.78 is 4.25. The molecule has 156 valence electrons. The molecular formula is C23H26N4OS2. The normalized spacial score (nSPS) is 13.6. The van der Waals surface area contributed by atoms with Crippen LogP contribution in [0.5, 0.6) is 0 Å². The van der Waals surface area contributed by atoms with Crippen LogP contribution in [0.25, 0.3) is 5.69 Å². The van der Waals surface area contributed by atoms with Gasteiger partial charge in [0.15, 0.2) is 10.9 Å². The highest BCUT2D eigenvalue weighted by Crippen LogP contribution is 2.40. The van der Waals surface area contributed by atoms with Gasteiger partial charge >= 0.3 is 0 Å². The van der Waals surface area contributed by atoms with Gasteiger partial charge in [-0.3, -0.25) is 4.79 Å². The second-order valence-electron chi connectivity index (χ2n) is 7.55. The molecule has 1 aliphatic rings. The number of carbonyl (C=O) groups excluding carboxylic acids is 1. The number of aromatic nitrogens is 4. The Kier molecular flexibility index (Phi) is 6.20. The van der Waals surface area contributed by atoms with Crippen LogP contribution < -0.4 is 0 Å². The van der Waals surface area contributed by atoms with Gasteiger partial charge in [-0.25, -0.2) is 0 Å². The van der Waals surface area contributed by atoms with E-state index in [0.29, 0.717) is 18.2 Å². The lowest BCUT2D eigenvalue weighted by atomic mass is 10.2. The monoisotopic (exact) mass is 438 g/mol. The van der Waals surface area contributed by atoms with Crippen molar-refractivity contribution in [3.8, 4) is 5.69 Å². The Morgan fingerprint density at radius 2 is 2.07 bits per heavy atom. The molecule has 1 aliphatic carbocycles. The van der Waals surface area contributed by atoms with E-state index < -0.39 is 0 Å². The maximum atomic E-state index is 13.1. The maximum Gasteiger partial charge on any atom is 0.191 e. The molecule has 5 nitrogen and oxygen atoms in total. The molecule has 0 atom stereocenters. The fourth-order valence-corrected chi connectivity index (χ4v) is 5.04. The van der Waals surface area contributed by atoms with Gasteiger partial charge in [-0.2, -0.15) is 0 Å². The summed E-state index contributed by atoms with van der Waals surface area (Å²) >= 11 is 3.18. The summed E-state index contributed by atoms with van der Waals surface area (Å²) in [5.41, 5.74) is 3.89. The van der Waals surface area contributed by atoms with Gasteiger partial charge in [0, 0.05) is 40.0 Å². The first-order valence-corrected chi connectivity index (χ1v) is 12.3. The van der Waals surface area contributed by atoms with E-state index in [1.807, 2.05) is 26.0 Å². The molecule has 30 heavy (non-hydrogen) atoms. The SMILES string of the molecule is C=CCn1c(SCC(=O)c2cc(C)n(-c3cccc(SC)c3)c2C)nnc1C1CC1. The van der Waals surface area contributed by atoms with Gasteiger partial charge in [-0.1, -0.05) is 23.9 Å². The van der Waals surface area contributed by atoms with Gasteiger partial charge in [-0.05, 0) is 57.2 Å². The number of benzene rings is 1. The van der Waals surface area contributed by atoms with Crippen molar-refractivity contribution >= 4 is 29.3 Å². The topological polar surface area (TPSA) is 52.7 Å². The van der Waals surface area contributed by atoms with Crippen molar-refractivity contribution in [3.05, 3.63) is 65.8 Å². The summed E-state index contributed by atoms with van der Waals surface area (Å²) in [4.78, 5) is 14.3. The summed E-state index contributed by atoms with van der Waals surface area (Å²) in [7, 11) is 0. The van der Waals surface area contributed by atoms with E-state index >= 15 is 0 Å². The summed E-state index contributed by atoms with van der Waals surface area (Å²) in [6.45, 7) is 8.59. The average molecular weight is 439 g/mol. The molecule has 2 aromatic heterocycles. The number of hydrogen-bond donors (Lipinski definition) is 0. The fourth-order valence-electron chi connectivity index (χ4n) is 3.75. The highest BCUT2D eigenvalue weighted by molar-refractivity contribution is 7.99. The average Bonchev–Trinajstić information content (AvgIpc) is 3.45. The number of ketones is 1. The summed E-state index contributed by atoms with van der Waals surface area (Å²) in [5.74, 6) is 1.99. The molecular weight excluding hydrogens is 412 g/mol. The number of allylic oxidation sites excluding steroid dienone is 1. The molecule has 0 aliphatic heterocycles. The number of carbonyl (C=O) groups is 1.